The van der Waals surface area contributed by atoms with Crippen molar-refractivity contribution in [2.45, 2.75) is 13.0 Å². The Morgan fingerprint density at radius 3 is 2.35 bits per heavy atom. The van der Waals surface area contributed by atoms with Gasteiger partial charge in [-0.15, -0.1) is 12.4 Å². The monoisotopic (exact) mass is 376 g/mol. The molecule has 0 bridgehead atoms. The number of amides is 1. The molecule has 0 aromatic heterocycles. The lowest BCUT2D eigenvalue weighted by atomic mass is 10.2. The van der Waals surface area contributed by atoms with Crippen LogP contribution in [0, 0.1) is 0 Å². The van der Waals surface area contributed by atoms with Crippen LogP contribution >= 0.6 is 12.4 Å². The van der Waals surface area contributed by atoms with Crippen LogP contribution in [0.5, 0.6) is 11.5 Å². The standard InChI is InChI=1S/C20H24N2O3.ClH/c23-20(22-13-4-11-21-12-14-22)16-25-19-9-7-18(8-10-19)24-15-17-5-2-1-3-6-17;/h1-3,5-10,21H,4,11-16H2;1H. The first-order valence-electron chi connectivity index (χ1n) is 8.69. The molecule has 5 nitrogen and oxygen atoms in total. The van der Waals surface area contributed by atoms with E-state index in [0.717, 1.165) is 43.9 Å². The van der Waals surface area contributed by atoms with E-state index in [1.807, 2.05) is 59.5 Å². The first-order chi connectivity index (χ1) is 12.3. The molecular formula is C20H25ClN2O3. The van der Waals surface area contributed by atoms with E-state index in [-0.39, 0.29) is 24.9 Å². The third-order valence-corrected chi connectivity index (χ3v) is 4.13. The average Bonchev–Trinajstić information content (AvgIpc) is 2.96. The fourth-order valence-corrected chi connectivity index (χ4v) is 2.70. The fraction of sp³-hybridized carbons (Fsp3) is 0.350. The summed E-state index contributed by atoms with van der Waals surface area (Å²) in [5.74, 6) is 1.49. The summed E-state index contributed by atoms with van der Waals surface area (Å²) >= 11 is 0. The summed E-state index contributed by atoms with van der Waals surface area (Å²) in [5.41, 5.74) is 1.13. The van der Waals surface area contributed by atoms with Crippen molar-refractivity contribution >= 4 is 18.3 Å². The predicted molar refractivity (Wildman–Crippen MR) is 104 cm³/mol. The number of nitrogens with zero attached hydrogens (tertiary/aromatic N) is 1. The molecule has 0 saturated carbocycles. The Balaban J connectivity index is 0.00000243. The second-order valence-corrected chi connectivity index (χ2v) is 6.02. The molecule has 26 heavy (non-hydrogen) atoms. The molecule has 140 valence electrons. The van der Waals surface area contributed by atoms with E-state index in [1.54, 1.807) is 0 Å². The maximum absolute atomic E-state index is 12.2. The van der Waals surface area contributed by atoms with Crippen LogP contribution in [-0.4, -0.2) is 43.6 Å². The molecule has 3 rings (SSSR count). The zero-order valence-corrected chi connectivity index (χ0v) is 15.5. The Bertz CT molecular complexity index is 657. The van der Waals surface area contributed by atoms with Gasteiger partial charge in [-0.1, -0.05) is 30.3 Å². The SMILES string of the molecule is Cl.O=C(COc1ccc(OCc2ccccc2)cc1)N1CCCNCC1. The number of rotatable bonds is 6. The number of carbonyl (C=O) groups is 1. The van der Waals surface area contributed by atoms with Gasteiger partial charge in [0.2, 0.25) is 0 Å². The maximum atomic E-state index is 12.2. The summed E-state index contributed by atoms with van der Waals surface area (Å²) in [4.78, 5) is 14.1. The van der Waals surface area contributed by atoms with Crippen molar-refractivity contribution in [2.24, 2.45) is 0 Å². The Morgan fingerprint density at radius 2 is 1.62 bits per heavy atom. The van der Waals surface area contributed by atoms with Gasteiger partial charge in [-0.05, 0) is 42.8 Å². The van der Waals surface area contributed by atoms with Crippen molar-refractivity contribution in [3.05, 3.63) is 60.2 Å². The van der Waals surface area contributed by atoms with Crippen molar-refractivity contribution in [3.8, 4) is 11.5 Å². The molecule has 0 unspecified atom stereocenters. The Labute approximate surface area is 160 Å². The van der Waals surface area contributed by atoms with Crippen LogP contribution in [0.25, 0.3) is 0 Å². The van der Waals surface area contributed by atoms with E-state index in [1.165, 1.54) is 0 Å². The summed E-state index contributed by atoms with van der Waals surface area (Å²) < 4.78 is 11.4. The molecule has 2 aromatic carbocycles. The Kier molecular flexibility index (Phi) is 8.25. The molecule has 0 aliphatic carbocycles. The highest BCUT2D eigenvalue weighted by molar-refractivity contribution is 5.85. The van der Waals surface area contributed by atoms with Gasteiger partial charge in [0.25, 0.3) is 5.91 Å². The average molecular weight is 377 g/mol. The van der Waals surface area contributed by atoms with Crippen molar-refractivity contribution in [1.29, 1.82) is 0 Å². The Morgan fingerprint density at radius 1 is 0.923 bits per heavy atom. The maximum Gasteiger partial charge on any atom is 0.260 e. The van der Waals surface area contributed by atoms with Gasteiger partial charge in [-0.2, -0.15) is 0 Å². The van der Waals surface area contributed by atoms with Gasteiger partial charge in [-0.3, -0.25) is 4.79 Å². The van der Waals surface area contributed by atoms with Crippen LogP contribution in [0.1, 0.15) is 12.0 Å². The molecule has 6 heteroatoms. The van der Waals surface area contributed by atoms with Gasteiger partial charge in [0.05, 0.1) is 0 Å². The van der Waals surface area contributed by atoms with Crippen LogP contribution in [0.3, 0.4) is 0 Å². The molecule has 1 saturated heterocycles. The van der Waals surface area contributed by atoms with Gasteiger partial charge in [0.1, 0.15) is 18.1 Å². The summed E-state index contributed by atoms with van der Waals surface area (Å²) in [5, 5.41) is 3.29. The van der Waals surface area contributed by atoms with Crippen molar-refractivity contribution in [2.75, 3.05) is 32.8 Å². The van der Waals surface area contributed by atoms with E-state index in [9.17, 15) is 4.79 Å². The molecule has 0 spiro atoms. The molecule has 1 aliphatic heterocycles. The third kappa shape index (κ3) is 6.24. The molecule has 0 radical (unpaired) electrons. The highest BCUT2D eigenvalue weighted by atomic mass is 35.5. The number of hydrogen-bond acceptors (Lipinski definition) is 4. The summed E-state index contributed by atoms with van der Waals surface area (Å²) in [7, 11) is 0. The zero-order chi connectivity index (χ0) is 17.3. The van der Waals surface area contributed by atoms with E-state index in [2.05, 4.69) is 5.32 Å². The lowest BCUT2D eigenvalue weighted by molar-refractivity contribution is -0.133. The highest BCUT2D eigenvalue weighted by Gasteiger charge is 2.15. The lowest BCUT2D eigenvalue weighted by Crippen LogP contribution is -2.37. The largest absolute Gasteiger partial charge is 0.489 e. The van der Waals surface area contributed by atoms with Crippen LogP contribution < -0.4 is 14.8 Å². The molecule has 1 N–H and O–H groups in total. The molecule has 0 atom stereocenters. The van der Waals surface area contributed by atoms with Gasteiger partial charge < -0.3 is 19.7 Å². The van der Waals surface area contributed by atoms with Gasteiger partial charge in [0, 0.05) is 19.6 Å². The predicted octanol–water partition coefficient (Wildman–Crippen LogP) is 2.89. The van der Waals surface area contributed by atoms with Gasteiger partial charge in [0.15, 0.2) is 6.61 Å². The summed E-state index contributed by atoms with van der Waals surface area (Å²) in [6.45, 7) is 3.96. The van der Waals surface area contributed by atoms with Crippen molar-refractivity contribution in [3.63, 3.8) is 0 Å². The van der Waals surface area contributed by atoms with Crippen LogP contribution in [0.4, 0.5) is 0 Å². The molecule has 1 fully saturated rings. The number of halogens is 1. The van der Waals surface area contributed by atoms with Crippen molar-refractivity contribution in [1.82, 2.24) is 10.2 Å². The van der Waals surface area contributed by atoms with E-state index in [0.29, 0.717) is 12.4 Å². The summed E-state index contributed by atoms with van der Waals surface area (Å²) in [6.07, 6.45) is 0.985. The first-order valence-corrected chi connectivity index (χ1v) is 8.69. The van der Waals surface area contributed by atoms with E-state index < -0.39 is 0 Å². The topological polar surface area (TPSA) is 50.8 Å². The van der Waals surface area contributed by atoms with Crippen LogP contribution in [0.2, 0.25) is 0 Å². The number of benzene rings is 2. The lowest BCUT2D eigenvalue weighted by Gasteiger charge is -2.20. The fourth-order valence-electron chi connectivity index (χ4n) is 2.70. The minimum atomic E-state index is 0. The number of hydrogen-bond donors (Lipinski definition) is 1. The normalized spacial score (nSPS) is 14.1. The van der Waals surface area contributed by atoms with E-state index in [4.69, 9.17) is 9.47 Å². The molecule has 2 aromatic rings. The zero-order valence-electron chi connectivity index (χ0n) is 14.7. The second-order valence-electron chi connectivity index (χ2n) is 6.02. The van der Waals surface area contributed by atoms with Crippen LogP contribution in [-0.2, 0) is 11.4 Å². The first kappa shape index (κ1) is 20.1. The Hall–Kier alpha value is -2.24. The van der Waals surface area contributed by atoms with Gasteiger partial charge >= 0.3 is 0 Å². The molecule has 1 aliphatic rings. The second kappa shape index (κ2) is 10.7. The van der Waals surface area contributed by atoms with Crippen molar-refractivity contribution < 1.29 is 14.3 Å². The van der Waals surface area contributed by atoms with E-state index >= 15 is 0 Å². The number of ether oxygens (including phenoxy) is 2. The highest BCUT2D eigenvalue weighted by Crippen LogP contribution is 2.18. The molecule has 1 amide bonds. The number of nitrogens with one attached hydrogen (secondary N) is 1. The summed E-state index contributed by atoms with van der Waals surface area (Å²) in [6, 6.07) is 17.4. The quantitative estimate of drug-likeness (QED) is 0.842. The molecular weight excluding hydrogens is 352 g/mol. The van der Waals surface area contributed by atoms with Gasteiger partial charge in [-0.25, -0.2) is 0 Å². The molecule has 1 heterocycles. The number of carbonyl (C=O) groups excluding carboxylic acids is 1. The minimum absolute atomic E-state index is 0. The minimum Gasteiger partial charge on any atom is -0.489 e. The smallest absolute Gasteiger partial charge is 0.260 e. The third-order valence-electron chi connectivity index (χ3n) is 4.13. The van der Waals surface area contributed by atoms with Crippen LogP contribution in [0.15, 0.2) is 54.6 Å².